The Morgan fingerprint density at radius 2 is 2.45 bits per heavy atom. The Morgan fingerprint density at radius 1 is 1.64 bits per heavy atom. The number of rotatable bonds is 3. The van der Waals surface area contributed by atoms with Gasteiger partial charge in [0.05, 0.1) is 6.54 Å². The Hall–Kier alpha value is -0.510. The molecule has 1 fully saturated rings. The van der Waals surface area contributed by atoms with Crippen molar-refractivity contribution in [2.75, 3.05) is 26.2 Å². The molecule has 0 saturated carbocycles. The van der Waals surface area contributed by atoms with Crippen molar-refractivity contribution in [3.63, 3.8) is 0 Å². The van der Waals surface area contributed by atoms with Crippen molar-refractivity contribution in [3.8, 4) is 0 Å². The third-order valence-corrected chi connectivity index (χ3v) is 1.96. The number of alkyl halides is 1. The van der Waals surface area contributed by atoms with Crippen molar-refractivity contribution in [1.29, 1.82) is 0 Å². The first-order valence-electron chi connectivity index (χ1n) is 3.98. The Balaban J connectivity index is 2.17. The lowest BCUT2D eigenvalue weighted by Gasteiger charge is -2.27. The van der Waals surface area contributed by atoms with Gasteiger partial charge in [-0.15, -0.1) is 0 Å². The number of halogens is 1. The number of hydrogen-bond acceptors (Lipinski definition) is 3. The molecule has 64 valence electrons. The number of likely N-dealkylation sites (tertiary alicyclic amines) is 1. The molecule has 1 saturated heterocycles. The summed E-state index contributed by atoms with van der Waals surface area (Å²) >= 11 is 0. The summed E-state index contributed by atoms with van der Waals surface area (Å²) in [6.45, 7) is 2.29. The Morgan fingerprint density at radius 3 is 3.09 bits per heavy atom. The fourth-order valence-corrected chi connectivity index (χ4v) is 1.38. The monoisotopic (exact) mass is 160 g/mol. The Kier molecular flexibility index (Phi) is 3.42. The second-order valence-electron chi connectivity index (χ2n) is 2.89. The van der Waals surface area contributed by atoms with Crippen LogP contribution in [-0.4, -0.2) is 37.3 Å². The van der Waals surface area contributed by atoms with E-state index in [0.717, 1.165) is 13.0 Å². The van der Waals surface area contributed by atoms with Crippen LogP contribution in [0, 0.1) is 4.91 Å². The molecule has 1 unspecified atom stereocenters. The van der Waals surface area contributed by atoms with Gasteiger partial charge in [-0.2, -0.15) is 4.91 Å². The molecule has 0 aliphatic carbocycles. The first kappa shape index (κ1) is 8.59. The molecule has 0 aromatic rings. The predicted octanol–water partition coefficient (Wildman–Crippen LogP) is 1.19. The van der Waals surface area contributed by atoms with Crippen LogP contribution in [-0.2, 0) is 0 Å². The van der Waals surface area contributed by atoms with Gasteiger partial charge in [0.15, 0.2) is 0 Å². The van der Waals surface area contributed by atoms with Gasteiger partial charge >= 0.3 is 0 Å². The lowest BCUT2D eigenvalue weighted by atomic mass is 10.1. The molecule has 0 aromatic heterocycles. The normalized spacial score (nSPS) is 26.8. The molecule has 1 aliphatic rings. The van der Waals surface area contributed by atoms with Gasteiger partial charge in [0.25, 0.3) is 0 Å². The van der Waals surface area contributed by atoms with E-state index in [1.807, 2.05) is 4.90 Å². The minimum absolute atomic E-state index is 0.284. The van der Waals surface area contributed by atoms with Crippen LogP contribution in [0.4, 0.5) is 4.39 Å². The smallest absolute Gasteiger partial charge is 0.113 e. The zero-order chi connectivity index (χ0) is 8.10. The summed E-state index contributed by atoms with van der Waals surface area (Å²) in [5, 5.41) is 2.74. The van der Waals surface area contributed by atoms with Crippen molar-refractivity contribution in [3.05, 3.63) is 4.91 Å². The molecule has 0 N–H and O–H groups in total. The summed E-state index contributed by atoms with van der Waals surface area (Å²) in [5.74, 6) is 0. The predicted molar refractivity (Wildman–Crippen MR) is 41.2 cm³/mol. The zero-order valence-electron chi connectivity index (χ0n) is 6.50. The van der Waals surface area contributed by atoms with E-state index in [4.69, 9.17) is 0 Å². The highest BCUT2D eigenvalue weighted by Gasteiger charge is 2.17. The minimum atomic E-state index is -0.699. The average molecular weight is 160 g/mol. The highest BCUT2D eigenvalue weighted by Crippen LogP contribution is 2.11. The van der Waals surface area contributed by atoms with Gasteiger partial charge in [0.2, 0.25) is 0 Å². The molecule has 3 nitrogen and oxygen atoms in total. The van der Waals surface area contributed by atoms with Crippen LogP contribution in [0.5, 0.6) is 0 Å². The summed E-state index contributed by atoms with van der Waals surface area (Å²) in [4.78, 5) is 11.7. The quantitative estimate of drug-likeness (QED) is 0.581. The van der Waals surface area contributed by atoms with Gasteiger partial charge < -0.3 is 0 Å². The first-order chi connectivity index (χ1) is 5.33. The lowest BCUT2D eigenvalue weighted by Crippen LogP contribution is -2.37. The molecule has 0 amide bonds. The van der Waals surface area contributed by atoms with E-state index in [-0.39, 0.29) is 6.54 Å². The highest BCUT2D eigenvalue weighted by atomic mass is 19.1. The molecule has 11 heavy (non-hydrogen) atoms. The zero-order valence-corrected chi connectivity index (χ0v) is 6.50. The fourth-order valence-electron chi connectivity index (χ4n) is 1.38. The van der Waals surface area contributed by atoms with Gasteiger partial charge in [-0.25, -0.2) is 4.39 Å². The first-order valence-corrected chi connectivity index (χ1v) is 3.98. The van der Waals surface area contributed by atoms with Crippen LogP contribution in [0.3, 0.4) is 0 Å². The Bertz CT molecular complexity index is 132. The maximum absolute atomic E-state index is 12.7. The van der Waals surface area contributed by atoms with Gasteiger partial charge in [-0.1, -0.05) is 5.18 Å². The van der Waals surface area contributed by atoms with Gasteiger partial charge in [-0.3, -0.25) is 4.90 Å². The molecule has 1 aliphatic heterocycles. The lowest BCUT2D eigenvalue weighted by molar-refractivity contribution is 0.142. The van der Waals surface area contributed by atoms with E-state index in [0.29, 0.717) is 19.5 Å². The molecular formula is C7H13FN2O. The van der Waals surface area contributed by atoms with Gasteiger partial charge in [0.1, 0.15) is 6.17 Å². The van der Waals surface area contributed by atoms with E-state index >= 15 is 0 Å². The molecule has 1 rings (SSSR count). The van der Waals surface area contributed by atoms with Crippen LogP contribution in [0.1, 0.15) is 12.8 Å². The van der Waals surface area contributed by atoms with E-state index in [2.05, 4.69) is 5.18 Å². The number of hydrogen-bond donors (Lipinski definition) is 0. The molecular weight excluding hydrogens is 147 g/mol. The van der Waals surface area contributed by atoms with Crippen molar-refractivity contribution < 1.29 is 4.39 Å². The standard InChI is InChI=1S/C7H13FN2O/c8-7-2-1-4-10(6-7)5-3-9-11/h7H,1-6H2. The number of nitroso groups, excluding NO2 is 1. The largest absolute Gasteiger partial charge is 0.298 e. The molecule has 0 radical (unpaired) electrons. The molecule has 0 spiro atoms. The van der Waals surface area contributed by atoms with Crippen molar-refractivity contribution in [2.45, 2.75) is 19.0 Å². The van der Waals surface area contributed by atoms with Crippen molar-refractivity contribution in [2.24, 2.45) is 5.18 Å². The van der Waals surface area contributed by atoms with Crippen LogP contribution in [0.25, 0.3) is 0 Å². The van der Waals surface area contributed by atoms with E-state index in [9.17, 15) is 9.30 Å². The average Bonchev–Trinajstić information content (AvgIpc) is 2.01. The fraction of sp³-hybridized carbons (Fsp3) is 1.00. The van der Waals surface area contributed by atoms with E-state index < -0.39 is 6.17 Å². The summed E-state index contributed by atoms with van der Waals surface area (Å²) in [6.07, 6.45) is 0.876. The van der Waals surface area contributed by atoms with E-state index in [1.54, 1.807) is 0 Å². The second-order valence-corrected chi connectivity index (χ2v) is 2.89. The van der Waals surface area contributed by atoms with Gasteiger partial charge in [0, 0.05) is 13.1 Å². The maximum atomic E-state index is 12.7. The summed E-state index contributed by atoms with van der Waals surface area (Å²) < 4.78 is 12.7. The molecule has 1 heterocycles. The van der Waals surface area contributed by atoms with E-state index in [1.165, 1.54) is 0 Å². The summed E-state index contributed by atoms with van der Waals surface area (Å²) in [5.41, 5.74) is 0. The van der Waals surface area contributed by atoms with Crippen LogP contribution in [0.15, 0.2) is 5.18 Å². The maximum Gasteiger partial charge on any atom is 0.113 e. The van der Waals surface area contributed by atoms with Crippen molar-refractivity contribution >= 4 is 0 Å². The number of nitrogens with zero attached hydrogens (tertiary/aromatic N) is 2. The molecule has 0 bridgehead atoms. The molecule has 1 atom stereocenters. The van der Waals surface area contributed by atoms with Crippen LogP contribution in [0.2, 0.25) is 0 Å². The molecule has 0 aromatic carbocycles. The SMILES string of the molecule is O=NCCN1CCCC(F)C1. The van der Waals surface area contributed by atoms with Crippen LogP contribution >= 0.6 is 0 Å². The topological polar surface area (TPSA) is 32.7 Å². The third-order valence-electron chi connectivity index (χ3n) is 1.96. The summed E-state index contributed by atoms with van der Waals surface area (Å²) in [6, 6.07) is 0. The molecule has 4 heteroatoms. The number of piperidine rings is 1. The third kappa shape index (κ3) is 2.93. The summed E-state index contributed by atoms with van der Waals surface area (Å²) in [7, 11) is 0. The van der Waals surface area contributed by atoms with Crippen LogP contribution < -0.4 is 0 Å². The second kappa shape index (κ2) is 4.38. The minimum Gasteiger partial charge on any atom is -0.298 e. The van der Waals surface area contributed by atoms with Gasteiger partial charge in [-0.05, 0) is 19.4 Å². The highest BCUT2D eigenvalue weighted by molar-refractivity contribution is 4.72. The Labute approximate surface area is 65.5 Å². The van der Waals surface area contributed by atoms with Crippen molar-refractivity contribution in [1.82, 2.24) is 4.90 Å².